The summed E-state index contributed by atoms with van der Waals surface area (Å²) in [5.74, 6) is 0.649. The molecule has 0 aliphatic carbocycles. The second kappa shape index (κ2) is 6.76. The Morgan fingerprint density at radius 3 is 2.52 bits per heavy atom. The lowest BCUT2D eigenvalue weighted by Gasteiger charge is -2.20. The molecule has 2 heterocycles. The van der Waals surface area contributed by atoms with Crippen molar-refractivity contribution in [3.63, 3.8) is 0 Å². The van der Waals surface area contributed by atoms with Crippen molar-refractivity contribution >= 4 is 33.2 Å². The number of nitrogens with one attached hydrogen (secondary N) is 2. The summed E-state index contributed by atoms with van der Waals surface area (Å²) in [5.41, 5.74) is 0.961. The highest BCUT2D eigenvalue weighted by Gasteiger charge is 2.43. The van der Waals surface area contributed by atoms with Crippen molar-refractivity contribution in [1.82, 2.24) is 0 Å². The van der Waals surface area contributed by atoms with E-state index in [0.29, 0.717) is 40.6 Å². The Balaban J connectivity index is 1.38. The Hall–Kier alpha value is -2.75. The van der Waals surface area contributed by atoms with Gasteiger partial charge in [0.15, 0.2) is 23.0 Å². The van der Waals surface area contributed by atoms with Gasteiger partial charge in [0.05, 0.1) is 12.2 Å². The lowest BCUT2D eigenvalue weighted by atomic mass is 10.2. The lowest BCUT2D eigenvalue weighted by molar-refractivity contribution is -0.286. The molecule has 4 rings (SSSR count). The van der Waals surface area contributed by atoms with Gasteiger partial charge in [0, 0.05) is 28.4 Å². The van der Waals surface area contributed by atoms with E-state index in [0.717, 1.165) is 0 Å². The fourth-order valence-electron chi connectivity index (χ4n) is 2.60. The number of ether oxygens (including phenoxy) is 4. The first-order valence-corrected chi connectivity index (χ1v) is 8.72. The zero-order valence-corrected chi connectivity index (χ0v) is 15.3. The van der Waals surface area contributed by atoms with Crippen LogP contribution >= 0.6 is 15.9 Å². The van der Waals surface area contributed by atoms with Crippen molar-refractivity contribution in [3.05, 3.63) is 34.8 Å². The Morgan fingerprint density at radius 1 is 1.04 bits per heavy atom. The van der Waals surface area contributed by atoms with E-state index in [9.17, 15) is 13.6 Å². The van der Waals surface area contributed by atoms with Crippen molar-refractivity contribution in [2.45, 2.75) is 6.29 Å². The van der Waals surface area contributed by atoms with Crippen LogP contribution in [0.3, 0.4) is 0 Å². The molecule has 0 saturated heterocycles. The quantitative estimate of drug-likeness (QED) is 0.753. The predicted octanol–water partition coefficient (Wildman–Crippen LogP) is 3.59. The van der Waals surface area contributed by atoms with Gasteiger partial charge in [0.2, 0.25) is 5.91 Å². The summed E-state index contributed by atoms with van der Waals surface area (Å²) in [6, 6.07) is 7.57. The van der Waals surface area contributed by atoms with Crippen LogP contribution in [-0.2, 0) is 4.79 Å². The fourth-order valence-corrected chi connectivity index (χ4v) is 3.02. The van der Waals surface area contributed by atoms with E-state index in [-0.39, 0.29) is 24.0 Å². The summed E-state index contributed by atoms with van der Waals surface area (Å²) in [6.45, 7) is 0.820. The number of anilines is 2. The molecular weight excluding hydrogens is 430 g/mol. The standard InChI is InChI=1S/C17H13BrF2N2O5/c18-10-6-13-14(25-4-3-24-13)7-11(10)22-16(23)8-21-9-1-2-12-15(5-9)27-17(19,20)26-12/h1-2,5-7,21H,3-4,8H2,(H,22,23). The van der Waals surface area contributed by atoms with Crippen LogP contribution in [0, 0.1) is 0 Å². The largest absolute Gasteiger partial charge is 0.586 e. The normalized spacial score (nSPS) is 16.0. The Bertz CT molecular complexity index is 909. The third kappa shape index (κ3) is 3.85. The number of halogens is 3. The number of fused-ring (bicyclic) bond motifs is 2. The number of carbonyl (C=O) groups excluding carboxylic acids is 1. The number of hydrogen-bond donors (Lipinski definition) is 2. The van der Waals surface area contributed by atoms with E-state index in [1.807, 2.05) is 0 Å². The highest BCUT2D eigenvalue weighted by atomic mass is 79.9. The third-order valence-electron chi connectivity index (χ3n) is 3.76. The van der Waals surface area contributed by atoms with Gasteiger partial charge in [0.1, 0.15) is 13.2 Å². The summed E-state index contributed by atoms with van der Waals surface area (Å²) in [4.78, 5) is 12.2. The van der Waals surface area contributed by atoms with Crippen LogP contribution in [0.4, 0.5) is 20.2 Å². The average Bonchev–Trinajstić information content (AvgIpc) is 2.93. The molecule has 2 aromatic rings. The minimum Gasteiger partial charge on any atom is -0.486 e. The molecule has 0 bridgehead atoms. The maximum absolute atomic E-state index is 13.0. The Labute approximate surface area is 160 Å². The first kappa shape index (κ1) is 17.7. The molecule has 2 N–H and O–H groups in total. The molecule has 1 amide bonds. The Kier molecular flexibility index (Phi) is 4.42. The number of alkyl halides is 2. The van der Waals surface area contributed by atoms with Crippen molar-refractivity contribution in [1.29, 1.82) is 0 Å². The topological polar surface area (TPSA) is 78.1 Å². The fraction of sp³-hybridized carbons (Fsp3) is 0.235. The number of hydrogen-bond acceptors (Lipinski definition) is 6. The second-order valence-corrected chi connectivity index (χ2v) is 6.56. The third-order valence-corrected chi connectivity index (χ3v) is 4.42. The summed E-state index contributed by atoms with van der Waals surface area (Å²) < 4.78 is 46.4. The number of rotatable bonds is 4. The van der Waals surface area contributed by atoms with Crippen LogP contribution in [0.2, 0.25) is 0 Å². The van der Waals surface area contributed by atoms with E-state index in [1.165, 1.54) is 18.2 Å². The number of benzene rings is 2. The molecule has 2 aromatic carbocycles. The van der Waals surface area contributed by atoms with Gasteiger partial charge in [-0.15, -0.1) is 8.78 Å². The van der Waals surface area contributed by atoms with Crippen molar-refractivity contribution in [2.24, 2.45) is 0 Å². The molecule has 2 aliphatic rings. The van der Waals surface area contributed by atoms with Crippen LogP contribution in [0.5, 0.6) is 23.0 Å². The smallest absolute Gasteiger partial charge is 0.486 e. The SMILES string of the molecule is O=C(CNc1ccc2c(c1)OC(F)(F)O2)Nc1cc2c(cc1Br)OCCO2. The van der Waals surface area contributed by atoms with Gasteiger partial charge in [-0.25, -0.2) is 0 Å². The molecule has 142 valence electrons. The highest BCUT2D eigenvalue weighted by Crippen LogP contribution is 2.42. The van der Waals surface area contributed by atoms with Crippen LogP contribution in [-0.4, -0.2) is 32.0 Å². The van der Waals surface area contributed by atoms with Crippen molar-refractivity contribution in [2.75, 3.05) is 30.4 Å². The van der Waals surface area contributed by atoms with Crippen molar-refractivity contribution < 1.29 is 32.5 Å². The predicted molar refractivity (Wildman–Crippen MR) is 94.9 cm³/mol. The molecule has 27 heavy (non-hydrogen) atoms. The number of carbonyl (C=O) groups is 1. The number of amides is 1. The van der Waals surface area contributed by atoms with E-state index < -0.39 is 6.29 Å². The van der Waals surface area contributed by atoms with Gasteiger partial charge in [-0.05, 0) is 28.1 Å². The zero-order valence-electron chi connectivity index (χ0n) is 13.7. The molecule has 0 radical (unpaired) electrons. The summed E-state index contributed by atoms with van der Waals surface area (Å²) in [6.07, 6.45) is -3.68. The van der Waals surface area contributed by atoms with Gasteiger partial charge in [-0.3, -0.25) is 4.79 Å². The molecule has 0 aromatic heterocycles. The lowest BCUT2D eigenvalue weighted by Crippen LogP contribution is -2.25. The van der Waals surface area contributed by atoms with Crippen LogP contribution in [0.1, 0.15) is 0 Å². The van der Waals surface area contributed by atoms with Crippen LogP contribution in [0.25, 0.3) is 0 Å². The molecule has 10 heteroatoms. The van der Waals surface area contributed by atoms with E-state index >= 15 is 0 Å². The Morgan fingerprint density at radius 2 is 1.74 bits per heavy atom. The molecular formula is C17H13BrF2N2O5. The first-order chi connectivity index (χ1) is 12.9. The highest BCUT2D eigenvalue weighted by molar-refractivity contribution is 9.10. The van der Waals surface area contributed by atoms with Crippen molar-refractivity contribution in [3.8, 4) is 23.0 Å². The van der Waals surface area contributed by atoms with Gasteiger partial charge in [-0.2, -0.15) is 0 Å². The zero-order chi connectivity index (χ0) is 19.0. The maximum Gasteiger partial charge on any atom is 0.586 e. The minimum atomic E-state index is -3.68. The molecule has 0 fully saturated rings. The monoisotopic (exact) mass is 442 g/mol. The average molecular weight is 443 g/mol. The van der Waals surface area contributed by atoms with Gasteiger partial charge < -0.3 is 29.6 Å². The molecule has 0 atom stereocenters. The van der Waals surface area contributed by atoms with Gasteiger partial charge in [-0.1, -0.05) is 0 Å². The molecule has 2 aliphatic heterocycles. The molecule has 0 saturated carbocycles. The summed E-state index contributed by atoms with van der Waals surface area (Å²) >= 11 is 3.37. The molecule has 0 spiro atoms. The molecule has 0 unspecified atom stereocenters. The van der Waals surface area contributed by atoms with E-state index in [4.69, 9.17) is 9.47 Å². The van der Waals surface area contributed by atoms with E-state index in [2.05, 4.69) is 36.0 Å². The van der Waals surface area contributed by atoms with E-state index in [1.54, 1.807) is 12.1 Å². The minimum absolute atomic E-state index is 0.0600. The second-order valence-electron chi connectivity index (χ2n) is 5.71. The van der Waals surface area contributed by atoms with Gasteiger partial charge in [0.25, 0.3) is 0 Å². The first-order valence-electron chi connectivity index (χ1n) is 7.92. The van der Waals surface area contributed by atoms with Crippen LogP contribution < -0.4 is 29.6 Å². The summed E-state index contributed by atoms with van der Waals surface area (Å²) in [7, 11) is 0. The summed E-state index contributed by atoms with van der Waals surface area (Å²) in [5, 5.41) is 5.58. The van der Waals surface area contributed by atoms with Crippen LogP contribution in [0.15, 0.2) is 34.8 Å². The maximum atomic E-state index is 13.0. The molecule has 7 nitrogen and oxygen atoms in total. The van der Waals surface area contributed by atoms with Gasteiger partial charge >= 0.3 is 6.29 Å².